The van der Waals surface area contributed by atoms with Gasteiger partial charge < -0.3 is 19.9 Å². The first kappa shape index (κ1) is 22.1. The Bertz CT molecular complexity index is 742. The zero-order valence-corrected chi connectivity index (χ0v) is 18.9. The molecule has 3 aliphatic rings. The van der Waals surface area contributed by atoms with Gasteiger partial charge in [-0.05, 0) is 63.9 Å². The molecular formula is C25H37N3O3. The Morgan fingerprint density at radius 1 is 1.13 bits per heavy atom. The standard InChI is InChI=1S/C25H37N3O3/c1-2-26-24(30)28(21-11-12-21)22-13-18-31-25(19-22)14-16-27(17-15-25)23(29)10-6-9-20-7-4-3-5-8-20/h3-5,7-8,21-22H,2,6,9-19H2,1H3,(H,26,30). The molecule has 4 rings (SSSR count). The van der Waals surface area contributed by atoms with Gasteiger partial charge in [-0.3, -0.25) is 4.79 Å². The Labute approximate surface area is 186 Å². The summed E-state index contributed by atoms with van der Waals surface area (Å²) in [5, 5.41) is 3.00. The first-order valence-corrected chi connectivity index (χ1v) is 12.1. The van der Waals surface area contributed by atoms with Crippen LogP contribution >= 0.6 is 0 Å². The number of carbonyl (C=O) groups excluding carboxylic acids is 2. The van der Waals surface area contributed by atoms with Gasteiger partial charge >= 0.3 is 6.03 Å². The molecule has 3 fully saturated rings. The summed E-state index contributed by atoms with van der Waals surface area (Å²) in [5.74, 6) is 0.264. The predicted octanol–water partition coefficient (Wildman–Crippen LogP) is 3.74. The highest BCUT2D eigenvalue weighted by Crippen LogP contribution is 2.40. The molecule has 1 aromatic carbocycles. The number of aryl methyl sites for hydroxylation is 1. The van der Waals surface area contributed by atoms with Crippen LogP contribution in [0, 0.1) is 0 Å². The molecule has 3 amide bonds. The molecule has 2 saturated heterocycles. The fourth-order valence-electron chi connectivity index (χ4n) is 5.22. The van der Waals surface area contributed by atoms with Crippen LogP contribution in [0.2, 0.25) is 0 Å². The van der Waals surface area contributed by atoms with Gasteiger partial charge in [0, 0.05) is 44.7 Å². The van der Waals surface area contributed by atoms with Gasteiger partial charge in [0.1, 0.15) is 0 Å². The quantitative estimate of drug-likeness (QED) is 0.721. The molecule has 1 aliphatic carbocycles. The van der Waals surface area contributed by atoms with E-state index in [9.17, 15) is 9.59 Å². The minimum Gasteiger partial charge on any atom is -0.375 e. The molecule has 1 unspecified atom stereocenters. The molecule has 6 nitrogen and oxygen atoms in total. The summed E-state index contributed by atoms with van der Waals surface area (Å²) in [6.45, 7) is 4.88. The third-order valence-electron chi connectivity index (χ3n) is 7.09. The summed E-state index contributed by atoms with van der Waals surface area (Å²) in [4.78, 5) is 29.5. The van der Waals surface area contributed by atoms with Crippen molar-refractivity contribution in [3.05, 3.63) is 35.9 Å². The number of hydrogen-bond acceptors (Lipinski definition) is 3. The van der Waals surface area contributed by atoms with Crippen molar-refractivity contribution in [3.8, 4) is 0 Å². The molecule has 31 heavy (non-hydrogen) atoms. The lowest BCUT2D eigenvalue weighted by Crippen LogP contribution is -2.57. The number of nitrogens with one attached hydrogen (secondary N) is 1. The summed E-state index contributed by atoms with van der Waals surface area (Å²) in [7, 11) is 0. The van der Waals surface area contributed by atoms with E-state index in [2.05, 4.69) is 34.5 Å². The second-order valence-corrected chi connectivity index (χ2v) is 9.37. The molecule has 170 valence electrons. The molecular weight excluding hydrogens is 390 g/mol. The number of rotatable bonds is 7. The van der Waals surface area contributed by atoms with Gasteiger partial charge in [-0.15, -0.1) is 0 Å². The fourth-order valence-corrected chi connectivity index (χ4v) is 5.22. The van der Waals surface area contributed by atoms with E-state index in [-0.39, 0.29) is 23.6 Å². The predicted molar refractivity (Wildman–Crippen MR) is 121 cm³/mol. The maximum atomic E-state index is 12.7. The maximum absolute atomic E-state index is 12.7. The van der Waals surface area contributed by atoms with Gasteiger partial charge in [0.2, 0.25) is 5.91 Å². The highest BCUT2D eigenvalue weighted by atomic mass is 16.5. The van der Waals surface area contributed by atoms with E-state index in [0.29, 0.717) is 25.6 Å². The summed E-state index contributed by atoms with van der Waals surface area (Å²) in [5.41, 5.74) is 1.12. The molecule has 1 N–H and O–H groups in total. The van der Waals surface area contributed by atoms with Crippen molar-refractivity contribution < 1.29 is 14.3 Å². The molecule has 1 aromatic rings. The number of likely N-dealkylation sites (tertiary alicyclic amines) is 1. The minimum atomic E-state index is -0.177. The van der Waals surface area contributed by atoms with Gasteiger partial charge in [0.15, 0.2) is 0 Å². The number of hydrogen-bond donors (Lipinski definition) is 1. The van der Waals surface area contributed by atoms with E-state index in [1.807, 2.05) is 17.9 Å². The van der Waals surface area contributed by atoms with Gasteiger partial charge in [-0.2, -0.15) is 0 Å². The average Bonchev–Trinajstić information content (AvgIpc) is 3.60. The smallest absolute Gasteiger partial charge is 0.317 e. The van der Waals surface area contributed by atoms with Crippen LogP contribution in [-0.4, -0.2) is 65.7 Å². The Morgan fingerprint density at radius 3 is 2.55 bits per heavy atom. The lowest BCUT2D eigenvalue weighted by molar-refractivity contribution is -0.147. The van der Waals surface area contributed by atoms with Gasteiger partial charge in [-0.25, -0.2) is 4.79 Å². The fraction of sp³-hybridized carbons (Fsp3) is 0.680. The van der Waals surface area contributed by atoms with Gasteiger partial charge in [0.25, 0.3) is 0 Å². The Balaban J connectivity index is 1.26. The molecule has 0 radical (unpaired) electrons. The van der Waals surface area contributed by atoms with Crippen molar-refractivity contribution >= 4 is 11.9 Å². The number of nitrogens with zero attached hydrogens (tertiary/aromatic N) is 2. The second kappa shape index (κ2) is 10.0. The highest BCUT2D eigenvalue weighted by molar-refractivity contribution is 5.76. The molecule has 2 heterocycles. The Kier molecular flexibility index (Phi) is 7.16. The van der Waals surface area contributed by atoms with Crippen molar-refractivity contribution in [1.82, 2.24) is 15.1 Å². The molecule has 2 aliphatic heterocycles. The Hall–Kier alpha value is -2.08. The largest absolute Gasteiger partial charge is 0.375 e. The van der Waals surface area contributed by atoms with Crippen LogP contribution in [0.1, 0.15) is 63.9 Å². The van der Waals surface area contributed by atoms with E-state index in [4.69, 9.17) is 4.74 Å². The first-order valence-electron chi connectivity index (χ1n) is 12.1. The van der Waals surface area contributed by atoms with E-state index in [0.717, 1.165) is 64.5 Å². The van der Waals surface area contributed by atoms with E-state index in [1.165, 1.54) is 5.56 Å². The van der Waals surface area contributed by atoms with Crippen molar-refractivity contribution in [2.24, 2.45) is 0 Å². The number of carbonyl (C=O) groups is 2. The second-order valence-electron chi connectivity index (χ2n) is 9.37. The summed E-state index contributed by atoms with van der Waals surface area (Å²) < 4.78 is 6.30. The van der Waals surface area contributed by atoms with Crippen LogP contribution in [0.3, 0.4) is 0 Å². The van der Waals surface area contributed by atoms with Gasteiger partial charge in [0.05, 0.1) is 5.60 Å². The summed E-state index contributed by atoms with van der Waals surface area (Å²) in [6, 6.07) is 11.1. The van der Waals surface area contributed by atoms with Crippen molar-refractivity contribution in [3.63, 3.8) is 0 Å². The van der Waals surface area contributed by atoms with Crippen molar-refractivity contribution in [1.29, 1.82) is 0 Å². The maximum Gasteiger partial charge on any atom is 0.317 e. The first-order chi connectivity index (χ1) is 15.1. The lowest BCUT2D eigenvalue weighted by Gasteiger charge is -2.48. The molecule has 0 aromatic heterocycles. The molecule has 1 saturated carbocycles. The number of amides is 3. The molecule has 1 atom stereocenters. The zero-order valence-electron chi connectivity index (χ0n) is 18.9. The van der Waals surface area contributed by atoms with Crippen molar-refractivity contribution in [2.75, 3.05) is 26.2 Å². The van der Waals surface area contributed by atoms with Crippen molar-refractivity contribution in [2.45, 2.75) is 82.4 Å². The summed E-state index contributed by atoms with van der Waals surface area (Å²) in [6.07, 6.45) is 8.26. The SMILES string of the molecule is CCNC(=O)N(C1CC1)C1CCOC2(CCN(C(=O)CCCc3ccccc3)CC2)C1. The summed E-state index contributed by atoms with van der Waals surface area (Å²) >= 11 is 0. The molecule has 0 bridgehead atoms. The normalized spacial score (nSPS) is 22.9. The molecule has 1 spiro atoms. The van der Waals surface area contributed by atoms with Crippen LogP contribution < -0.4 is 5.32 Å². The number of ether oxygens (including phenoxy) is 1. The topological polar surface area (TPSA) is 61.9 Å². The highest BCUT2D eigenvalue weighted by Gasteiger charge is 2.46. The average molecular weight is 428 g/mol. The molecule has 6 heteroatoms. The lowest BCUT2D eigenvalue weighted by atomic mass is 9.81. The van der Waals surface area contributed by atoms with Crippen LogP contribution in [-0.2, 0) is 16.0 Å². The van der Waals surface area contributed by atoms with E-state index in [1.54, 1.807) is 0 Å². The number of urea groups is 1. The van der Waals surface area contributed by atoms with Crippen LogP contribution in [0.4, 0.5) is 4.79 Å². The van der Waals surface area contributed by atoms with Crippen LogP contribution in [0.5, 0.6) is 0 Å². The zero-order chi connectivity index (χ0) is 21.7. The third-order valence-corrected chi connectivity index (χ3v) is 7.09. The van der Waals surface area contributed by atoms with Crippen LogP contribution in [0.15, 0.2) is 30.3 Å². The van der Waals surface area contributed by atoms with E-state index < -0.39 is 0 Å². The van der Waals surface area contributed by atoms with Gasteiger partial charge in [-0.1, -0.05) is 30.3 Å². The number of benzene rings is 1. The minimum absolute atomic E-state index is 0.0816. The van der Waals surface area contributed by atoms with E-state index >= 15 is 0 Å². The Morgan fingerprint density at radius 2 is 1.87 bits per heavy atom. The number of piperidine rings is 1. The van der Waals surface area contributed by atoms with Crippen LogP contribution in [0.25, 0.3) is 0 Å². The monoisotopic (exact) mass is 427 g/mol. The third kappa shape index (κ3) is 5.59.